The summed E-state index contributed by atoms with van der Waals surface area (Å²) >= 11 is 0. The Hall–Kier alpha value is -0.120. The Morgan fingerprint density at radius 2 is 2.18 bits per heavy atom. The molecule has 2 aliphatic rings. The van der Waals surface area contributed by atoms with Crippen molar-refractivity contribution in [1.82, 2.24) is 0 Å². The van der Waals surface area contributed by atoms with Crippen molar-refractivity contribution < 1.29 is 14.6 Å². The average molecular weight is 158 g/mol. The van der Waals surface area contributed by atoms with E-state index in [9.17, 15) is 5.11 Å². The number of aliphatic hydroxyl groups is 1. The quantitative estimate of drug-likeness (QED) is 0.636. The molecule has 1 aliphatic carbocycles. The van der Waals surface area contributed by atoms with Gasteiger partial charge in [0.15, 0.2) is 0 Å². The fraction of sp³-hybridized carbons (Fsp3) is 1.00. The summed E-state index contributed by atoms with van der Waals surface area (Å²) < 4.78 is 10.5. The van der Waals surface area contributed by atoms with E-state index in [1.54, 1.807) is 0 Å². The van der Waals surface area contributed by atoms with Crippen LogP contribution < -0.4 is 0 Å². The van der Waals surface area contributed by atoms with Crippen LogP contribution in [0.1, 0.15) is 12.8 Å². The molecular formula is C8H14O3. The van der Waals surface area contributed by atoms with E-state index in [4.69, 9.17) is 9.47 Å². The predicted molar refractivity (Wildman–Crippen MR) is 39.3 cm³/mol. The highest BCUT2D eigenvalue weighted by atomic mass is 16.6. The molecule has 0 amide bonds. The summed E-state index contributed by atoms with van der Waals surface area (Å²) in [4.78, 5) is 0. The van der Waals surface area contributed by atoms with E-state index < -0.39 is 6.10 Å². The molecule has 0 aromatic rings. The van der Waals surface area contributed by atoms with Gasteiger partial charge in [-0.25, -0.2) is 0 Å². The normalized spacial score (nSPS) is 37.9. The minimum Gasteiger partial charge on any atom is -0.388 e. The average Bonchev–Trinajstić information content (AvgIpc) is 2.73. The molecule has 0 spiro atoms. The largest absolute Gasteiger partial charge is 0.388 e. The third kappa shape index (κ3) is 1.92. The zero-order valence-electron chi connectivity index (χ0n) is 6.53. The maximum atomic E-state index is 9.27. The highest BCUT2D eigenvalue weighted by molar-refractivity contribution is 4.77. The molecule has 3 heteroatoms. The molecular weight excluding hydrogens is 144 g/mol. The summed E-state index contributed by atoms with van der Waals surface area (Å²) in [7, 11) is 0. The second-order valence-electron chi connectivity index (χ2n) is 3.42. The van der Waals surface area contributed by atoms with Gasteiger partial charge in [-0.3, -0.25) is 0 Å². The van der Waals surface area contributed by atoms with Crippen molar-refractivity contribution in [3.63, 3.8) is 0 Å². The second kappa shape index (κ2) is 3.09. The standard InChI is InChI=1S/C8H14O3/c9-7-4-10-5-8(7)11-3-6-1-2-6/h6-9H,1-5H2/t7-,8+/m0/s1. The number of hydrogen-bond donors (Lipinski definition) is 1. The molecule has 1 saturated heterocycles. The lowest BCUT2D eigenvalue weighted by Gasteiger charge is -2.12. The highest BCUT2D eigenvalue weighted by Gasteiger charge is 2.29. The van der Waals surface area contributed by atoms with E-state index >= 15 is 0 Å². The fourth-order valence-corrected chi connectivity index (χ4v) is 1.23. The maximum absolute atomic E-state index is 9.27. The molecule has 3 nitrogen and oxygen atoms in total. The molecule has 1 saturated carbocycles. The smallest absolute Gasteiger partial charge is 0.109 e. The van der Waals surface area contributed by atoms with Gasteiger partial charge in [0.1, 0.15) is 12.2 Å². The van der Waals surface area contributed by atoms with E-state index in [-0.39, 0.29) is 6.10 Å². The van der Waals surface area contributed by atoms with Crippen molar-refractivity contribution in [1.29, 1.82) is 0 Å². The van der Waals surface area contributed by atoms with E-state index in [0.29, 0.717) is 13.2 Å². The van der Waals surface area contributed by atoms with E-state index in [0.717, 1.165) is 12.5 Å². The summed E-state index contributed by atoms with van der Waals surface area (Å²) in [6.07, 6.45) is 2.14. The molecule has 2 rings (SSSR count). The molecule has 0 aromatic heterocycles. The first-order chi connectivity index (χ1) is 5.36. The number of aliphatic hydroxyl groups excluding tert-OH is 1. The predicted octanol–water partition coefficient (Wildman–Crippen LogP) is 0.173. The van der Waals surface area contributed by atoms with Gasteiger partial charge in [0.25, 0.3) is 0 Å². The fourth-order valence-electron chi connectivity index (χ4n) is 1.23. The second-order valence-corrected chi connectivity index (χ2v) is 3.42. The monoisotopic (exact) mass is 158 g/mol. The summed E-state index contributed by atoms with van der Waals surface area (Å²) in [6.45, 7) is 1.81. The lowest BCUT2D eigenvalue weighted by atomic mass is 10.2. The molecule has 1 aliphatic heterocycles. The Morgan fingerprint density at radius 1 is 1.36 bits per heavy atom. The number of ether oxygens (including phenoxy) is 2. The minimum atomic E-state index is -0.395. The third-order valence-corrected chi connectivity index (χ3v) is 2.24. The number of hydrogen-bond acceptors (Lipinski definition) is 3. The summed E-state index contributed by atoms with van der Waals surface area (Å²) in [5, 5.41) is 9.27. The van der Waals surface area contributed by atoms with Crippen molar-refractivity contribution >= 4 is 0 Å². The van der Waals surface area contributed by atoms with Crippen molar-refractivity contribution in [2.45, 2.75) is 25.0 Å². The van der Waals surface area contributed by atoms with Gasteiger partial charge >= 0.3 is 0 Å². The zero-order chi connectivity index (χ0) is 7.68. The van der Waals surface area contributed by atoms with Crippen LogP contribution in [0.4, 0.5) is 0 Å². The van der Waals surface area contributed by atoms with Crippen LogP contribution in [-0.2, 0) is 9.47 Å². The molecule has 64 valence electrons. The molecule has 0 bridgehead atoms. The van der Waals surface area contributed by atoms with Crippen LogP contribution in [-0.4, -0.2) is 37.1 Å². The van der Waals surface area contributed by atoms with Gasteiger partial charge in [0.05, 0.1) is 19.8 Å². The lowest BCUT2D eigenvalue weighted by molar-refractivity contribution is -0.0140. The van der Waals surface area contributed by atoms with E-state index in [1.807, 2.05) is 0 Å². The maximum Gasteiger partial charge on any atom is 0.109 e. The Morgan fingerprint density at radius 3 is 2.73 bits per heavy atom. The molecule has 0 unspecified atom stereocenters. The van der Waals surface area contributed by atoms with E-state index in [2.05, 4.69) is 0 Å². The van der Waals surface area contributed by atoms with Crippen LogP contribution in [0.2, 0.25) is 0 Å². The summed E-state index contributed by atoms with van der Waals surface area (Å²) in [5.41, 5.74) is 0. The van der Waals surface area contributed by atoms with Crippen molar-refractivity contribution in [2.24, 2.45) is 5.92 Å². The third-order valence-electron chi connectivity index (χ3n) is 2.24. The zero-order valence-corrected chi connectivity index (χ0v) is 6.53. The van der Waals surface area contributed by atoms with Crippen LogP contribution >= 0.6 is 0 Å². The van der Waals surface area contributed by atoms with Crippen molar-refractivity contribution in [3.05, 3.63) is 0 Å². The van der Waals surface area contributed by atoms with Crippen LogP contribution in [0.5, 0.6) is 0 Å². The number of rotatable bonds is 3. The Labute approximate surface area is 66.3 Å². The molecule has 1 heterocycles. The minimum absolute atomic E-state index is 0.0596. The SMILES string of the molecule is O[C@H]1COC[C@H]1OCC1CC1. The Balaban J connectivity index is 1.67. The lowest BCUT2D eigenvalue weighted by Crippen LogP contribution is -2.27. The van der Waals surface area contributed by atoms with Crippen molar-refractivity contribution in [2.75, 3.05) is 19.8 Å². The first kappa shape index (κ1) is 7.53. The van der Waals surface area contributed by atoms with Gasteiger partial charge in [0.2, 0.25) is 0 Å². The van der Waals surface area contributed by atoms with Crippen LogP contribution in [0, 0.1) is 5.92 Å². The first-order valence-corrected chi connectivity index (χ1v) is 4.23. The summed E-state index contributed by atoms with van der Waals surface area (Å²) in [5.74, 6) is 0.766. The molecule has 2 atom stereocenters. The summed E-state index contributed by atoms with van der Waals surface area (Å²) in [6, 6.07) is 0. The van der Waals surface area contributed by atoms with Crippen LogP contribution in [0.25, 0.3) is 0 Å². The van der Waals surface area contributed by atoms with Gasteiger partial charge in [-0.1, -0.05) is 0 Å². The topological polar surface area (TPSA) is 38.7 Å². The van der Waals surface area contributed by atoms with Gasteiger partial charge in [-0.05, 0) is 18.8 Å². The van der Waals surface area contributed by atoms with Crippen LogP contribution in [0.3, 0.4) is 0 Å². The molecule has 11 heavy (non-hydrogen) atoms. The Kier molecular flexibility index (Phi) is 2.11. The van der Waals surface area contributed by atoms with E-state index in [1.165, 1.54) is 12.8 Å². The molecule has 2 fully saturated rings. The van der Waals surface area contributed by atoms with Gasteiger partial charge in [-0.2, -0.15) is 0 Å². The van der Waals surface area contributed by atoms with Crippen LogP contribution in [0.15, 0.2) is 0 Å². The molecule has 0 aromatic carbocycles. The first-order valence-electron chi connectivity index (χ1n) is 4.23. The van der Waals surface area contributed by atoms with Gasteiger partial charge in [0, 0.05) is 0 Å². The molecule has 1 N–H and O–H groups in total. The highest BCUT2D eigenvalue weighted by Crippen LogP contribution is 2.29. The van der Waals surface area contributed by atoms with Crippen molar-refractivity contribution in [3.8, 4) is 0 Å². The van der Waals surface area contributed by atoms with Gasteiger partial charge in [-0.15, -0.1) is 0 Å². The Bertz CT molecular complexity index is 133. The molecule has 0 radical (unpaired) electrons. The van der Waals surface area contributed by atoms with Gasteiger partial charge < -0.3 is 14.6 Å².